The van der Waals surface area contributed by atoms with Gasteiger partial charge in [0.1, 0.15) is 0 Å². The number of aryl methyl sites for hydroxylation is 1. The summed E-state index contributed by atoms with van der Waals surface area (Å²) in [4.78, 5) is 12.1. The lowest BCUT2D eigenvalue weighted by Gasteiger charge is -2.10. The molecule has 0 aliphatic rings. The van der Waals surface area contributed by atoms with Gasteiger partial charge in [-0.25, -0.2) is 8.42 Å². The van der Waals surface area contributed by atoms with Crippen LogP contribution in [0.3, 0.4) is 0 Å². The van der Waals surface area contributed by atoms with Crippen molar-refractivity contribution in [2.24, 2.45) is 0 Å². The van der Waals surface area contributed by atoms with E-state index in [1.54, 1.807) is 24.3 Å². The average molecular weight is 348 g/mol. The minimum atomic E-state index is -3.77. The zero-order valence-electron chi connectivity index (χ0n) is 13.6. The van der Waals surface area contributed by atoms with Crippen molar-refractivity contribution in [1.29, 1.82) is 0 Å². The Morgan fingerprint density at radius 1 is 1.12 bits per heavy atom. The van der Waals surface area contributed by atoms with Crippen LogP contribution >= 0.6 is 0 Å². The third kappa shape index (κ3) is 4.81. The predicted molar refractivity (Wildman–Crippen MR) is 92.6 cm³/mol. The molecule has 2 N–H and O–H groups in total. The Hall–Kier alpha value is -2.38. The third-order valence-electron chi connectivity index (χ3n) is 3.27. The van der Waals surface area contributed by atoms with Gasteiger partial charge in [-0.2, -0.15) is 0 Å². The van der Waals surface area contributed by atoms with Crippen molar-refractivity contribution in [3.8, 4) is 0 Å². The van der Waals surface area contributed by atoms with Crippen molar-refractivity contribution in [1.82, 2.24) is 5.32 Å². The summed E-state index contributed by atoms with van der Waals surface area (Å²) in [6.07, 6.45) is 0. The fourth-order valence-electron chi connectivity index (χ4n) is 2.10. The van der Waals surface area contributed by atoms with E-state index in [-0.39, 0.29) is 16.4 Å². The molecule has 1 amide bonds. The van der Waals surface area contributed by atoms with Gasteiger partial charge >= 0.3 is 0 Å². The van der Waals surface area contributed by atoms with Crippen LogP contribution in [-0.4, -0.2) is 34.6 Å². The van der Waals surface area contributed by atoms with Gasteiger partial charge in [0.05, 0.1) is 11.5 Å². The molecule has 0 spiro atoms. The van der Waals surface area contributed by atoms with E-state index in [1.807, 2.05) is 13.0 Å². The van der Waals surface area contributed by atoms with Gasteiger partial charge in [0.15, 0.2) is 0 Å². The Labute approximate surface area is 141 Å². The van der Waals surface area contributed by atoms with Crippen molar-refractivity contribution < 1.29 is 17.9 Å². The van der Waals surface area contributed by atoms with Gasteiger partial charge < -0.3 is 10.1 Å². The molecule has 0 aliphatic carbocycles. The van der Waals surface area contributed by atoms with Crippen molar-refractivity contribution in [2.75, 3.05) is 25.0 Å². The highest BCUT2D eigenvalue weighted by Gasteiger charge is 2.16. The minimum absolute atomic E-state index is 0.0309. The van der Waals surface area contributed by atoms with Crippen LogP contribution < -0.4 is 10.0 Å². The maximum absolute atomic E-state index is 12.5. The number of anilines is 1. The summed E-state index contributed by atoms with van der Waals surface area (Å²) in [5, 5.41) is 2.66. The van der Waals surface area contributed by atoms with Crippen molar-refractivity contribution in [3.05, 3.63) is 59.7 Å². The largest absolute Gasteiger partial charge is 0.383 e. The third-order valence-corrected chi connectivity index (χ3v) is 4.65. The van der Waals surface area contributed by atoms with Crippen LogP contribution in [0.15, 0.2) is 53.4 Å². The van der Waals surface area contributed by atoms with E-state index in [2.05, 4.69) is 10.0 Å². The highest BCUT2D eigenvalue weighted by Crippen LogP contribution is 2.18. The summed E-state index contributed by atoms with van der Waals surface area (Å²) in [6.45, 7) is 2.62. The molecule has 0 saturated heterocycles. The van der Waals surface area contributed by atoms with Crippen LogP contribution in [0, 0.1) is 6.92 Å². The summed E-state index contributed by atoms with van der Waals surface area (Å²) < 4.78 is 32.3. The fourth-order valence-corrected chi connectivity index (χ4v) is 3.19. The van der Waals surface area contributed by atoms with Crippen molar-refractivity contribution >= 4 is 21.6 Å². The molecule has 0 atom stereocenters. The maximum Gasteiger partial charge on any atom is 0.261 e. The van der Waals surface area contributed by atoms with E-state index >= 15 is 0 Å². The Morgan fingerprint density at radius 2 is 1.88 bits per heavy atom. The molecule has 0 saturated carbocycles. The molecular weight excluding hydrogens is 328 g/mol. The van der Waals surface area contributed by atoms with E-state index in [0.717, 1.165) is 5.56 Å². The number of carbonyl (C=O) groups excluding carboxylic acids is 1. The number of hydrogen-bond acceptors (Lipinski definition) is 4. The Bertz CT molecular complexity index is 819. The van der Waals surface area contributed by atoms with Crippen molar-refractivity contribution in [2.45, 2.75) is 11.8 Å². The van der Waals surface area contributed by atoms with Gasteiger partial charge in [0.25, 0.3) is 15.9 Å². The molecule has 6 nitrogen and oxygen atoms in total. The number of sulfonamides is 1. The molecule has 0 unspecified atom stereocenters. The fraction of sp³-hybridized carbons (Fsp3) is 0.235. The standard InChI is InChI=1S/C17H20N2O4S/c1-13-5-3-7-15(11-13)19-24(21,22)16-8-4-6-14(12-16)17(20)18-9-10-23-2/h3-8,11-12,19H,9-10H2,1-2H3,(H,18,20). The molecule has 24 heavy (non-hydrogen) atoms. The first-order chi connectivity index (χ1) is 11.4. The summed E-state index contributed by atoms with van der Waals surface area (Å²) in [5.41, 5.74) is 1.70. The van der Waals surface area contributed by atoms with E-state index in [1.165, 1.54) is 25.3 Å². The molecule has 0 aromatic heterocycles. The molecule has 0 radical (unpaired) electrons. The zero-order valence-corrected chi connectivity index (χ0v) is 14.4. The first kappa shape index (κ1) is 18.0. The quantitative estimate of drug-likeness (QED) is 0.751. The van der Waals surface area contributed by atoms with E-state index in [0.29, 0.717) is 18.8 Å². The Kier molecular flexibility index (Phi) is 5.94. The molecule has 2 aromatic rings. The van der Waals surface area contributed by atoms with Crippen molar-refractivity contribution in [3.63, 3.8) is 0 Å². The lowest BCUT2D eigenvalue weighted by molar-refractivity contribution is 0.0937. The smallest absolute Gasteiger partial charge is 0.261 e. The van der Waals surface area contributed by atoms with Gasteiger partial charge in [0.2, 0.25) is 0 Å². The van der Waals surface area contributed by atoms with E-state index in [4.69, 9.17) is 4.74 Å². The van der Waals surface area contributed by atoms with Crippen LogP contribution in [0.1, 0.15) is 15.9 Å². The number of benzene rings is 2. The van der Waals surface area contributed by atoms with Crippen LogP contribution in [0.2, 0.25) is 0 Å². The first-order valence-electron chi connectivity index (χ1n) is 7.39. The van der Waals surface area contributed by atoms with E-state index in [9.17, 15) is 13.2 Å². The van der Waals surface area contributed by atoms with Gasteiger partial charge in [-0.15, -0.1) is 0 Å². The van der Waals surface area contributed by atoms with Crippen LogP contribution in [-0.2, 0) is 14.8 Å². The van der Waals surface area contributed by atoms with Crippen LogP contribution in [0.25, 0.3) is 0 Å². The first-order valence-corrected chi connectivity index (χ1v) is 8.87. The van der Waals surface area contributed by atoms with Gasteiger partial charge in [-0.3, -0.25) is 9.52 Å². The average Bonchev–Trinajstić information content (AvgIpc) is 2.55. The molecule has 0 heterocycles. The molecule has 7 heteroatoms. The summed E-state index contributed by atoms with van der Waals surface area (Å²) in [6, 6.07) is 13.0. The molecule has 0 bridgehead atoms. The topological polar surface area (TPSA) is 84.5 Å². The summed E-state index contributed by atoms with van der Waals surface area (Å²) >= 11 is 0. The van der Waals surface area contributed by atoms with Gasteiger partial charge in [-0.05, 0) is 42.8 Å². The number of hydrogen-bond donors (Lipinski definition) is 2. The number of rotatable bonds is 7. The highest BCUT2D eigenvalue weighted by molar-refractivity contribution is 7.92. The molecule has 2 rings (SSSR count). The molecular formula is C17H20N2O4S. The van der Waals surface area contributed by atoms with Crippen LogP contribution in [0.4, 0.5) is 5.69 Å². The maximum atomic E-state index is 12.5. The number of amides is 1. The lowest BCUT2D eigenvalue weighted by Crippen LogP contribution is -2.27. The molecule has 0 fully saturated rings. The second kappa shape index (κ2) is 7.94. The van der Waals surface area contributed by atoms with Gasteiger partial charge in [-0.1, -0.05) is 18.2 Å². The highest BCUT2D eigenvalue weighted by atomic mass is 32.2. The van der Waals surface area contributed by atoms with Gasteiger partial charge in [0, 0.05) is 24.9 Å². The van der Waals surface area contributed by atoms with Crippen LogP contribution in [0.5, 0.6) is 0 Å². The lowest BCUT2D eigenvalue weighted by atomic mass is 10.2. The summed E-state index contributed by atoms with van der Waals surface area (Å²) in [7, 11) is -2.23. The monoisotopic (exact) mass is 348 g/mol. The second-order valence-corrected chi connectivity index (χ2v) is 6.93. The minimum Gasteiger partial charge on any atom is -0.383 e. The molecule has 0 aliphatic heterocycles. The number of ether oxygens (including phenoxy) is 1. The Morgan fingerprint density at radius 3 is 2.58 bits per heavy atom. The molecule has 128 valence electrons. The zero-order chi connectivity index (χ0) is 17.6. The summed E-state index contributed by atoms with van der Waals surface area (Å²) in [5.74, 6) is -0.348. The number of nitrogens with one attached hydrogen (secondary N) is 2. The number of methoxy groups -OCH3 is 1. The SMILES string of the molecule is COCCNC(=O)c1cccc(S(=O)(=O)Nc2cccc(C)c2)c1. The second-order valence-electron chi connectivity index (χ2n) is 5.25. The number of carbonyl (C=O) groups is 1. The normalized spacial score (nSPS) is 11.1. The molecule has 2 aromatic carbocycles. The predicted octanol–water partition coefficient (Wildman–Crippen LogP) is 2.17. The Balaban J connectivity index is 2.18. The van der Waals surface area contributed by atoms with E-state index < -0.39 is 10.0 Å².